The lowest BCUT2D eigenvalue weighted by atomic mass is 10.0. The van der Waals surface area contributed by atoms with Crippen LogP contribution >= 0.6 is 11.6 Å². The molecule has 1 aromatic heterocycles. The second-order valence-electron chi connectivity index (χ2n) is 8.63. The highest BCUT2D eigenvalue weighted by molar-refractivity contribution is 6.31. The van der Waals surface area contributed by atoms with Gasteiger partial charge in [-0.1, -0.05) is 18.5 Å². The molecule has 1 unspecified atom stereocenters. The molecule has 0 amide bonds. The molecule has 3 aromatic rings. The summed E-state index contributed by atoms with van der Waals surface area (Å²) in [4.78, 5) is 7.33. The Bertz CT molecular complexity index is 1020. The third-order valence-electron chi connectivity index (χ3n) is 6.14. The summed E-state index contributed by atoms with van der Waals surface area (Å²) in [5, 5.41) is 6.76. The molecule has 0 bridgehead atoms. The minimum atomic E-state index is 0.412. The summed E-state index contributed by atoms with van der Waals surface area (Å²) in [5.41, 5.74) is 3.00. The van der Waals surface area contributed by atoms with Crippen molar-refractivity contribution in [3.05, 3.63) is 41.4 Å². The van der Waals surface area contributed by atoms with Gasteiger partial charge in [-0.3, -0.25) is 0 Å². The fraction of sp³-hybridized carbons (Fsp3) is 0.480. The van der Waals surface area contributed by atoms with E-state index in [0.717, 1.165) is 58.5 Å². The Hall–Kier alpha value is -2.04. The minimum absolute atomic E-state index is 0.412. The molecule has 5 heteroatoms. The zero-order valence-corrected chi connectivity index (χ0v) is 19.0. The van der Waals surface area contributed by atoms with E-state index in [1.807, 2.05) is 24.3 Å². The molecule has 0 radical (unpaired) electrons. The quantitative estimate of drug-likeness (QED) is 0.383. The van der Waals surface area contributed by atoms with Gasteiger partial charge < -0.3 is 15.0 Å². The summed E-state index contributed by atoms with van der Waals surface area (Å²) >= 11 is 6.26. The normalized spacial score (nSPS) is 15.1. The van der Waals surface area contributed by atoms with Gasteiger partial charge in [0.1, 0.15) is 5.75 Å². The fourth-order valence-corrected chi connectivity index (χ4v) is 4.37. The number of hydrogen-bond donors (Lipinski definition) is 1. The standard InChI is InChI=1S/C25H32ClN3O/c1-4-19(6-5-13-29(2)16-17-7-8-17)27-25-21-11-9-18(26)14-24(21)28-23-12-10-20(30-3)15-22(23)25/h9-12,14-15,17,19H,4-8,13,16H2,1-3H3,(H,27,28). The Morgan fingerprint density at radius 1 is 1.17 bits per heavy atom. The van der Waals surface area contributed by atoms with Gasteiger partial charge in [0.05, 0.1) is 23.8 Å². The summed E-state index contributed by atoms with van der Waals surface area (Å²) in [6.07, 6.45) is 6.26. The van der Waals surface area contributed by atoms with Crippen LogP contribution in [0.3, 0.4) is 0 Å². The molecule has 1 saturated carbocycles. The summed E-state index contributed by atoms with van der Waals surface area (Å²) in [5.74, 6) is 1.79. The van der Waals surface area contributed by atoms with Crippen LogP contribution in [0.5, 0.6) is 5.75 Å². The van der Waals surface area contributed by atoms with Crippen LogP contribution in [0.2, 0.25) is 5.02 Å². The summed E-state index contributed by atoms with van der Waals surface area (Å²) < 4.78 is 5.49. The first-order valence-corrected chi connectivity index (χ1v) is 11.5. The van der Waals surface area contributed by atoms with Crippen LogP contribution in [0.15, 0.2) is 36.4 Å². The number of halogens is 1. The lowest BCUT2D eigenvalue weighted by molar-refractivity contribution is 0.309. The SMILES string of the molecule is CCC(CCCN(C)CC1CC1)Nc1c2ccc(Cl)cc2nc2ccc(OC)cc12. The van der Waals surface area contributed by atoms with Crippen molar-refractivity contribution in [2.45, 2.75) is 45.1 Å². The second kappa shape index (κ2) is 9.40. The monoisotopic (exact) mass is 425 g/mol. The third kappa shape index (κ3) is 4.98. The maximum absolute atomic E-state index is 6.26. The number of benzene rings is 2. The van der Waals surface area contributed by atoms with Crippen LogP contribution in [0, 0.1) is 5.92 Å². The van der Waals surface area contributed by atoms with E-state index in [2.05, 4.69) is 36.3 Å². The number of methoxy groups -OCH3 is 1. The lowest BCUT2D eigenvalue weighted by Gasteiger charge is -2.23. The highest BCUT2D eigenvalue weighted by Crippen LogP contribution is 2.35. The van der Waals surface area contributed by atoms with E-state index < -0.39 is 0 Å². The Morgan fingerprint density at radius 3 is 2.73 bits per heavy atom. The first kappa shape index (κ1) is 21.2. The van der Waals surface area contributed by atoms with Crippen LogP contribution in [0.25, 0.3) is 21.8 Å². The van der Waals surface area contributed by atoms with Crippen molar-refractivity contribution in [3.8, 4) is 5.75 Å². The van der Waals surface area contributed by atoms with Gasteiger partial charge in [0, 0.05) is 28.4 Å². The Kier molecular flexibility index (Phi) is 6.64. The van der Waals surface area contributed by atoms with Gasteiger partial charge in [-0.15, -0.1) is 0 Å². The number of rotatable bonds is 10. The highest BCUT2D eigenvalue weighted by Gasteiger charge is 2.22. The number of aromatic nitrogens is 1. The average molecular weight is 426 g/mol. The van der Waals surface area contributed by atoms with E-state index >= 15 is 0 Å². The number of nitrogens with one attached hydrogen (secondary N) is 1. The summed E-state index contributed by atoms with van der Waals surface area (Å²) in [6.45, 7) is 4.68. The molecule has 0 saturated heterocycles. The van der Waals surface area contributed by atoms with Crippen molar-refractivity contribution in [2.75, 3.05) is 32.6 Å². The van der Waals surface area contributed by atoms with E-state index in [0.29, 0.717) is 11.1 Å². The predicted molar refractivity (Wildman–Crippen MR) is 128 cm³/mol. The van der Waals surface area contributed by atoms with Crippen LogP contribution < -0.4 is 10.1 Å². The Labute approximate surface area is 184 Å². The first-order valence-electron chi connectivity index (χ1n) is 11.1. The molecule has 4 rings (SSSR count). The van der Waals surface area contributed by atoms with E-state index in [1.165, 1.54) is 25.8 Å². The largest absolute Gasteiger partial charge is 0.497 e. The average Bonchev–Trinajstić information content (AvgIpc) is 3.55. The van der Waals surface area contributed by atoms with Gasteiger partial charge in [0.15, 0.2) is 0 Å². The van der Waals surface area contributed by atoms with Gasteiger partial charge >= 0.3 is 0 Å². The number of nitrogens with zero attached hydrogens (tertiary/aromatic N) is 2. The molecule has 160 valence electrons. The number of ether oxygens (including phenoxy) is 1. The van der Waals surface area contributed by atoms with E-state index in [9.17, 15) is 0 Å². The van der Waals surface area contributed by atoms with Crippen LogP contribution in [0.4, 0.5) is 5.69 Å². The van der Waals surface area contributed by atoms with Crippen LogP contribution in [0.1, 0.15) is 39.0 Å². The maximum atomic E-state index is 6.26. The van der Waals surface area contributed by atoms with Gasteiger partial charge in [-0.05, 0) is 88.0 Å². The van der Waals surface area contributed by atoms with E-state index in [4.69, 9.17) is 21.3 Å². The smallest absolute Gasteiger partial charge is 0.119 e. The molecule has 1 aliphatic rings. The molecule has 30 heavy (non-hydrogen) atoms. The zero-order valence-electron chi connectivity index (χ0n) is 18.2. The van der Waals surface area contributed by atoms with Crippen molar-refractivity contribution >= 4 is 39.1 Å². The molecule has 1 aliphatic carbocycles. The van der Waals surface area contributed by atoms with Gasteiger partial charge in [0.25, 0.3) is 0 Å². The highest BCUT2D eigenvalue weighted by atomic mass is 35.5. The van der Waals surface area contributed by atoms with Crippen molar-refractivity contribution in [1.82, 2.24) is 9.88 Å². The zero-order chi connectivity index (χ0) is 21.1. The lowest BCUT2D eigenvalue weighted by Crippen LogP contribution is -2.25. The summed E-state index contributed by atoms with van der Waals surface area (Å²) in [7, 11) is 3.96. The topological polar surface area (TPSA) is 37.4 Å². The van der Waals surface area contributed by atoms with Crippen molar-refractivity contribution in [2.24, 2.45) is 5.92 Å². The molecule has 4 nitrogen and oxygen atoms in total. The molecule has 2 aromatic carbocycles. The van der Waals surface area contributed by atoms with Gasteiger partial charge in [-0.25, -0.2) is 4.98 Å². The van der Waals surface area contributed by atoms with Crippen molar-refractivity contribution in [1.29, 1.82) is 0 Å². The minimum Gasteiger partial charge on any atom is -0.497 e. The summed E-state index contributed by atoms with van der Waals surface area (Å²) in [6, 6.07) is 12.4. The van der Waals surface area contributed by atoms with E-state index in [-0.39, 0.29) is 0 Å². The molecule has 0 spiro atoms. The second-order valence-corrected chi connectivity index (χ2v) is 9.07. The maximum Gasteiger partial charge on any atom is 0.119 e. The third-order valence-corrected chi connectivity index (χ3v) is 6.38. The van der Waals surface area contributed by atoms with Crippen LogP contribution in [-0.4, -0.2) is 43.2 Å². The van der Waals surface area contributed by atoms with Crippen molar-refractivity contribution in [3.63, 3.8) is 0 Å². The predicted octanol–water partition coefficient (Wildman–Crippen LogP) is 6.36. The van der Waals surface area contributed by atoms with Gasteiger partial charge in [0.2, 0.25) is 0 Å². The number of fused-ring (bicyclic) bond motifs is 2. The van der Waals surface area contributed by atoms with Crippen molar-refractivity contribution < 1.29 is 4.74 Å². The molecular weight excluding hydrogens is 394 g/mol. The molecule has 1 fully saturated rings. The Balaban J connectivity index is 1.59. The fourth-order valence-electron chi connectivity index (χ4n) is 4.20. The molecule has 1 N–H and O–H groups in total. The molecular formula is C25H32ClN3O. The Morgan fingerprint density at radius 2 is 2.00 bits per heavy atom. The number of anilines is 1. The van der Waals surface area contributed by atoms with E-state index in [1.54, 1.807) is 7.11 Å². The molecule has 1 heterocycles. The molecule has 0 aliphatic heterocycles. The number of pyridine rings is 1. The number of hydrogen-bond acceptors (Lipinski definition) is 4. The first-order chi connectivity index (χ1) is 14.6. The van der Waals surface area contributed by atoms with Crippen LogP contribution in [-0.2, 0) is 0 Å². The molecule has 1 atom stereocenters. The van der Waals surface area contributed by atoms with Gasteiger partial charge in [-0.2, -0.15) is 0 Å².